The van der Waals surface area contributed by atoms with Gasteiger partial charge in [0.25, 0.3) is 5.91 Å². The first-order valence-electron chi connectivity index (χ1n) is 8.29. The molecule has 1 amide bonds. The molecule has 1 aromatic heterocycles. The average Bonchev–Trinajstić information content (AvgIpc) is 3.00. The van der Waals surface area contributed by atoms with Crippen molar-refractivity contribution in [1.82, 2.24) is 15.2 Å². The van der Waals surface area contributed by atoms with Crippen molar-refractivity contribution < 1.29 is 9.90 Å². The van der Waals surface area contributed by atoms with Crippen molar-refractivity contribution in [2.45, 2.75) is 50.2 Å². The minimum atomic E-state index is -0.137. The van der Waals surface area contributed by atoms with Crippen molar-refractivity contribution in [3.63, 3.8) is 0 Å². The molecule has 1 aliphatic heterocycles. The number of nitrogens with zero attached hydrogens (tertiary/aromatic N) is 2. The largest absolute Gasteiger partial charge is 0.391 e. The van der Waals surface area contributed by atoms with E-state index in [1.165, 1.54) is 0 Å². The molecule has 1 aliphatic carbocycles. The zero-order valence-corrected chi connectivity index (χ0v) is 13.2. The molecular weight excluding hydrogens is 278 g/mol. The number of hydrogen-bond donors (Lipinski definition) is 2. The fourth-order valence-corrected chi connectivity index (χ4v) is 3.80. The third-order valence-corrected chi connectivity index (χ3v) is 5.14. The first-order valence-corrected chi connectivity index (χ1v) is 8.29. The number of carbonyl (C=O) groups excluding carboxylic acids is 1. The molecular formula is C17H25N3O2. The molecule has 5 heteroatoms. The number of hydrogen-bond acceptors (Lipinski definition) is 4. The van der Waals surface area contributed by atoms with E-state index >= 15 is 0 Å². The maximum atomic E-state index is 11.5. The molecule has 0 aromatic carbocycles. The Balaban J connectivity index is 1.58. The zero-order chi connectivity index (χ0) is 15.5. The number of rotatable bonds is 3. The molecule has 2 aliphatic rings. The van der Waals surface area contributed by atoms with Crippen LogP contribution in [0.2, 0.25) is 0 Å². The maximum absolute atomic E-state index is 11.5. The molecule has 22 heavy (non-hydrogen) atoms. The lowest BCUT2D eigenvalue weighted by Gasteiger charge is -2.37. The van der Waals surface area contributed by atoms with Gasteiger partial charge in [-0.25, -0.2) is 0 Å². The van der Waals surface area contributed by atoms with Crippen molar-refractivity contribution >= 4 is 5.91 Å². The lowest BCUT2D eigenvalue weighted by molar-refractivity contribution is 0.0549. The van der Waals surface area contributed by atoms with Gasteiger partial charge in [-0.05, 0) is 57.3 Å². The van der Waals surface area contributed by atoms with E-state index in [2.05, 4.69) is 15.2 Å². The molecule has 0 radical (unpaired) electrons. The van der Waals surface area contributed by atoms with Crippen LogP contribution in [0.5, 0.6) is 0 Å². The zero-order valence-electron chi connectivity index (χ0n) is 13.2. The van der Waals surface area contributed by atoms with Gasteiger partial charge < -0.3 is 10.4 Å². The number of likely N-dealkylation sites (tertiary alicyclic amines) is 1. The Kier molecular flexibility index (Phi) is 4.74. The minimum absolute atomic E-state index is 0.0934. The van der Waals surface area contributed by atoms with Gasteiger partial charge >= 0.3 is 0 Å². The second-order valence-electron chi connectivity index (χ2n) is 6.43. The summed E-state index contributed by atoms with van der Waals surface area (Å²) >= 11 is 0. The number of nitrogens with one attached hydrogen (secondary N) is 1. The van der Waals surface area contributed by atoms with Gasteiger partial charge in [-0.3, -0.25) is 14.7 Å². The van der Waals surface area contributed by atoms with Gasteiger partial charge in [0.15, 0.2) is 0 Å². The maximum Gasteiger partial charge on any atom is 0.252 e. The Morgan fingerprint density at radius 2 is 2.05 bits per heavy atom. The second-order valence-corrected chi connectivity index (χ2v) is 6.43. The van der Waals surface area contributed by atoms with Gasteiger partial charge in [-0.15, -0.1) is 0 Å². The van der Waals surface area contributed by atoms with Crippen molar-refractivity contribution in [1.29, 1.82) is 0 Å². The number of aliphatic hydroxyl groups is 1. The summed E-state index contributed by atoms with van der Waals surface area (Å²) in [5, 5.41) is 12.7. The van der Waals surface area contributed by atoms with Crippen LogP contribution in [0.15, 0.2) is 18.3 Å². The Morgan fingerprint density at radius 3 is 2.59 bits per heavy atom. The van der Waals surface area contributed by atoms with Crippen LogP contribution in [-0.4, -0.2) is 53.2 Å². The van der Waals surface area contributed by atoms with E-state index in [4.69, 9.17) is 0 Å². The quantitative estimate of drug-likeness (QED) is 0.889. The Bertz CT molecular complexity index is 509. The number of aromatic nitrogens is 1. The average molecular weight is 303 g/mol. The number of piperidine rings is 1. The predicted octanol–water partition coefficient (Wildman–Crippen LogP) is 1.53. The molecule has 0 spiro atoms. The van der Waals surface area contributed by atoms with Crippen molar-refractivity contribution in [3.05, 3.63) is 29.6 Å². The topological polar surface area (TPSA) is 65.5 Å². The van der Waals surface area contributed by atoms with Crippen molar-refractivity contribution in [3.8, 4) is 0 Å². The molecule has 0 bridgehead atoms. The number of pyridine rings is 1. The van der Waals surface area contributed by atoms with Gasteiger partial charge in [0.05, 0.1) is 11.7 Å². The summed E-state index contributed by atoms with van der Waals surface area (Å²) < 4.78 is 0. The molecule has 5 nitrogen and oxygen atoms in total. The van der Waals surface area contributed by atoms with E-state index in [1.54, 1.807) is 13.2 Å². The standard InChI is InChI=1S/C17H25N3O2/c1-18-17(22)13-5-6-14(19-11-13)12-7-9-20(10-8-12)15-3-2-4-16(15)21/h5-6,11-12,15-16,21H,2-4,7-10H2,1H3,(H,18,22)/t15-,16-/m1/s1. The summed E-state index contributed by atoms with van der Waals surface area (Å²) in [7, 11) is 1.63. The monoisotopic (exact) mass is 303 g/mol. The lowest BCUT2D eigenvalue weighted by atomic mass is 9.91. The molecule has 1 aromatic rings. The number of amides is 1. The van der Waals surface area contributed by atoms with Gasteiger partial charge in [0.2, 0.25) is 0 Å². The number of carbonyl (C=O) groups is 1. The summed E-state index contributed by atoms with van der Waals surface area (Å²) in [5.41, 5.74) is 1.69. The molecule has 1 saturated heterocycles. The molecule has 2 atom stereocenters. The summed E-state index contributed by atoms with van der Waals surface area (Å²) in [6.07, 6.45) is 6.92. The van der Waals surface area contributed by atoms with Gasteiger partial charge in [-0.2, -0.15) is 0 Å². The Morgan fingerprint density at radius 1 is 1.27 bits per heavy atom. The number of aliphatic hydroxyl groups excluding tert-OH is 1. The van der Waals surface area contributed by atoms with E-state index < -0.39 is 0 Å². The molecule has 120 valence electrons. The van der Waals surface area contributed by atoms with Crippen LogP contribution in [0.4, 0.5) is 0 Å². The SMILES string of the molecule is CNC(=O)c1ccc(C2CCN([C@@H]3CCC[C@H]3O)CC2)nc1. The summed E-state index contributed by atoms with van der Waals surface area (Å²) in [5.74, 6) is 0.373. The lowest BCUT2D eigenvalue weighted by Crippen LogP contribution is -2.44. The highest BCUT2D eigenvalue weighted by Crippen LogP contribution is 2.31. The van der Waals surface area contributed by atoms with Crippen LogP contribution >= 0.6 is 0 Å². The first-order chi connectivity index (χ1) is 10.7. The van der Waals surface area contributed by atoms with Crippen LogP contribution in [0.3, 0.4) is 0 Å². The fraction of sp³-hybridized carbons (Fsp3) is 0.647. The van der Waals surface area contributed by atoms with Crippen LogP contribution < -0.4 is 5.32 Å². The van der Waals surface area contributed by atoms with Gasteiger partial charge in [-0.1, -0.05) is 0 Å². The highest BCUT2D eigenvalue weighted by molar-refractivity contribution is 5.93. The molecule has 2 fully saturated rings. The van der Waals surface area contributed by atoms with E-state index in [9.17, 15) is 9.90 Å². The summed E-state index contributed by atoms with van der Waals surface area (Å²) in [4.78, 5) is 18.5. The van der Waals surface area contributed by atoms with Crippen LogP contribution in [0.25, 0.3) is 0 Å². The van der Waals surface area contributed by atoms with Gasteiger partial charge in [0, 0.05) is 30.9 Å². The summed E-state index contributed by atoms with van der Waals surface area (Å²) in [6.45, 7) is 2.07. The first kappa shape index (κ1) is 15.4. The van der Waals surface area contributed by atoms with E-state index in [0.717, 1.165) is 50.9 Å². The van der Waals surface area contributed by atoms with Crippen molar-refractivity contribution in [2.75, 3.05) is 20.1 Å². The third-order valence-electron chi connectivity index (χ3n) is 5.14. The van der Waals surface area contributed by atoms with E-state index in [-0.39, 0.29) is 12.0 Å². The van der Waals surface area contributed by atoms with Crippen LogP contribution in [0, 0.1) is 0 Å². The highest BCUT2D eigenvalue weighted by Gasteiger charge is 2.33. The Labute approximate surface area is 131 Å². The summed E-state index contributed by atoms with van der Waals surface area (Å²) in [6, 6.07) is 4.20. The third kappa shape index (κ3) is 3.15. The van der Waals surface area contributed by atoms with Crippen molar-refractivity contribution in [2.24, 2.45) is 0 Å². The van der Waals surface area contributed by atoms with E-state index in [0.29, 0.717) is 17.5 Å². The molecule has 1 saturated carbocycles. The van der Waals surface area contributed by atoms with E-state index in [1.807, 2.05) is 12.1 Å². The normalized spacial score (nSPS) is 27.0. The smallest absolute Gasteiger partial charge is 0.252 e. The molecule has 3 rings (SSSR count). The van der Waals surface area contributed by atoms with Gasteiger partial charge in [0.1, 0.15) is 0 Å². The second kappa shape index (κ2) is 6.75. The molecule has 2 N–H and O–H groups in total. The fourth-order valence-electron chi connectivity index (χ4n) is 3.80. The Hall–Kier alpha value is -1.46. The van der Waals surface area contributed by atoms with Crippen LogP contribution in [0.1, 0.15) is 54.1 Å². The minimum Gasteiger partial charge on any atom is -0.391 e. The van der Waals surface area contributed by atoms with Crippen LogP contribution in [-0.2, 0) is 0 Å². The highest BCUT2D eigenvalue weighted by atomic mass is 16.3. The predicted molar refractivity (Wildman–Crippen MR) is 84.8 cm³/mol. The molecule has 0 unspecified atom stereocenters. The molecule has 2 heterocycles.